The van der Waals surface area contributed by atoms with E-state index >= 15 is 0 Å². The van der Waals surface area contributed by atoms with Crippen LogP contribution >= 0.6 is 0 Å². The van der Waals surface area contributed by atoms with Gasteiger partial charge in [0.05, 0.1) is 32.9 Å². The summed E-state index contributed by atoms with van der Waals surface area (Å²) in [7, 11) is 1.54. The molecule has 3 amide bonds. The summed E-state index contributed by atoms with van der Waals surface area (Å²) < 4.78 is 10.6. The van der Waals surface area contributed by atoms with E-state index < -0.39 is 41.3 Å². The van der Waals surface area contributed by atoms with Crippen LogP contribution in [0.4, 0.5) is 0 Å². The average Bonchev–Trinajstić information content (AvgIpc) is 3.12. The van der Waals surface area contributed by atoms with E-state index in [0.29, 0.717) is 49.7 Å². The molecule has 3 fully saturated rings. The lowest BCUT2D eigenvalue weighted by atomic mass is 9.69. The van der Waals surface area contributed by atoms with E-state index in [9.17, 15) is 29.7 Å². The molecule has 13 heteroatoms. The molecule has 0 radical (unpaired) electrons. The highest BCUT2D eigenvalue weighted by molar-refractivity contribution is 5.92. The van der Waals surface area contributed by atoms with Gasteiger partial charge < -0.3 is 46.2 Å². The number of amides is 3. The van der Waals surface area contributed by atoms with Gasteiger partial charge in [0.25, 0.3) is 0 Å². The van der Waals surface area contributed by atoms with Crippen molar-refractivity contribution >= 4 is 23.9 Å². The number of carbonyl (C=O) groups is 3. The molecule has 3 aliphatic rings. The Bertz CT molecular complexity index is 1250. The van der Waals surface area contributed by atoms with Crippen LogP contribution in [0.5, 0.6) is 5.75 Å². The molecule has 0 unspecified atom stereocenters. The molecule has 7 N–H and O–H groups in total. The minimum Gasteiger partial charge on any atom is -0.497 e. The van der Waals surface area contributed by atoms with Gasteiger partial charge >= 0.3 is 0 Å². The molecular formula is C37H59N5O8. The van der Waals surface area contributed by atoms with Crippen LogP contribution in [0.3, 0.4) is 0 Å². The lowest BCUT2D eigenvalue weighted by Gasteiger charge is -2.43. The van der Waals surface area contributed by atoms with Crippen molar-refractivity contribution in [2.24, 2.45) is 17.8 Å². The minimum atomic E-state index is -2.87. The number of methoxy groups -OCH3 is 1. The quantitative estimate of drug-likeness (QED) is 0.0996. The number of morpholine rings is 1. The number of carbonyl (C=O) groups excluding carboxylic acids is 3. The molecule has 50 heavy (non-hydrogen) atoms. The second-order valence-corrected chi connectivity index (χ2v) is 14.8. The van der Waals surface area contributed by atoms with E-state index in [1.54, 1.807) is 31.4 Å². The van der Waals surface area contributed by atoms with Crippen molar-refractivity contribution in [1.29, 1.82) is 5.41 Å². The second kappa shape index (κ2) is 18.4. The molecule has 1 aromatic rings. The molecule has 0 bridgehead atoms. The number of rotatable bonds is 16. The molecule has 13 nitrogen and oxygen atoms in total. The van der Waals surface area contributed by atoms with Crippen LogP contribution in [0.25, 0.3) is 0 Å². The Kier molecular flexibility index (Phi) is 14.6. The number of hydrogen-bond donors (Lipinski definition) is 7. The van der Waals surface area contributed by atoms with Crippen molar-refractivity contribution in [1.82, 2.24) is 20.9 Å². The second-order valence-electron chi connectivity index (χ2n) is 14.8. The molecule has 1 heterocycles. The predicted molar refractivity (Wildman–Crippen MR) is 189 cm³/mol. The van der Waals surface area contributed by atoms with Crippen LogP contribution in [-0.2, 0) is 25.5 Å². The van der Waals surface area contributed by atoms with Gasteiger partial charge in [-0.2, -0.15) is 0 Å². The zero-order chi connectivity index (χ0) is 36.3. The summed E-state index contributed by atoms with van der Waals surface area (Å²) in [6, 6.07) is 3.54. The van der Waals surface area contributed by atoms with Crippen molar-refractivity contribution in [2.45, 2.75) is 114 Å². The fourth-order valence-electron chi connectivity index (χ4n) is 7.71. The third-order valence-electron chi connectivity index (χ3n) is 11.1. The third kappa shape index (κ3) is 10.9. The monoisotopic (exact) mass is 701 g/mol. The molecule has 2 saturated carbocycles. The Morgan fingerprint density at radius 2 is 1.56 bits per heavy atom. The third-order valence-corrected chi connectivity index (χ3v) is 11.1. The zero-order valence-electron chi connectivity index (χ0n) is 30.0. The fraction of sp³-hybridized carbons (Fsp3) is 0.730. The van der Waals surface area contributed by atoms with E-state index in [0.717, 1.165) is 38.5 Å². The molecule has 1 aromatic carbocycles. The van der Waals surface area contributed by atoms with Gasteiger partial charge in [-0.05, 0) is 68.6 Å². The molecule has 2 aliphatic carbocycles. The van der Waals surface area contributed by atoms with Gasteiger partial charge in [0.2, 0.25) is 23.5 Å². The number of ether oxygens (including phenoxy) is 2. The Hall–Kier alpha value is -3.10. The van der Waals surface area contributed by atoms with Crippen molar-refractivity contribution in [3.05, 3.63) is 29.8 Å². The number of aliphatic hydroxyl groups is 3. The van der Waals surface area contributed by atoms with Gasteiger partial charge in [-0.15, -0.1) is 0 Å². The highest BCUT2D eigenvalue weighted by atomic mass is 16.5. The molecule has 4 rings (SSSR count). The van der Waals surface area contributed by atoms with Gasteiger partial charge in [-0.1, -0.05) is 57.1 Å². The number of nitrogens with zero attached hydrogens (tertiary/aromatic N) is 1. The summed E-state index contributed by atoms with van der Waals surface area (Å²) in [5.74, 6) is -2.40. The highest BCUT2D eigenvalue weighted by Gasteiger charge is 2.51. The van der Waals surface area contributed by atoms with E-state index in [-0.39, 0.29) is 31.2 Å². The maximum Gasteiger partial charge on any atom is 0.243 e. The first-order chi connectivity index (χ1) is 23.8. The molecule has 280 valence electrons. The van der Waals surface area contributed by atoms with Crippen LogP contribution < -0.4 is 20.7 Å². The van der Waals surface area contributed by atoms with Gasteiger partial charge in [0, 0.05) is 25.7 Å². The lowest BCUT2D eigenvalue weighted by molar-refractivity contribution is -0.260. The molecular weight excluding hydrogens is 642 g/mol. The lowest BCUT2D eigenvalue weighted by Crippen LogP contribution is -2.67. The summed E-state index contributed by atoms with van der Waals surface area (Å²) in [4.78, 5) is 42.1. The smallest absolute Gasteiger partial charge is 0.243 e. The average molecular weight is 702 g/mol. The Morgan fingerprint density at radius 3 is 2.16 bits per heavy atom. The first-order valence-corrected chi connectivity index (χ1v) is 18.3. The standard InChI is InChI=1S/C37H59N5O8/c1-25(39-33(43)23-42-17-19-50-20-18-42)34(44)40-31(21-26-11-15-30(49-3)16-12-26)35(45)41-32(37(47,48)36(2,46)24-38)22-27-9-13-29(14-10-27)28-7-5-4-6-8-28/h11-12,15-16,24-25,27-29,31-32,38,46-48H,4-10,13-14,17-23H2,1-3H3,(H,39,43)(H,40,44)(H,41,45)/t25-,27?,29?,31-,32-,36+/m0/s1. The molecule has 4 atom stereocenters. The van der Waals surface area contributed by atoms with Gasteiger partial charge in [-0.3, -0.25) is 19.3 Å². The van der Waals surface area contributed by atoms with Crippen molar-refractivity contribution < 1.29 is 39.2 Å². The summed E-state index contributed by atoms with van der Waals surface area (Å²) in [6.45, 7) is 5.07. The van der Waals surface area contributed by atoms with E-state index in [1.807, 2.05) is 4.90 Å². The summed E-state index contributed by atoms with van der Waals surface area (Å²) in [5, 5.41) is 49.5. The molecule has 0 aromatic heterocycles. The van der Waals surface area contributed by atoms with Gasteiger partial charge in [0.1, 0.15) is 17.8 Å². The fourth-order valence-corrected chi connectivity index (χ4v) is 7.71. The molecule has 1 aliphatic heterocycles. The minimum absolute atomic E-state index is 0.0556. The topological polar surface area (TPSA) is 194 Å². The maximum atomic E-state index is 14.1. The molecule has 1 saturated heterocycles. The van der Waals surface area contributed by atoms with Crippen LogP contribution in [-0.4, -0.2) is 114 Å². The number of benzene rings is 1. The normalized spacial score (nSPS) is 23.8. The van der Waals surface area contributed by atoms with E-state index in [2.05, 4.69) is 16.0 Å². The Labute approximate surface area is 296 Å². The highest BCUT2D eigenvalue weighted by Crippen LogP contribution is 2.42. The maximum absolute atomic E-state index is 14.1. The van der Waals surface area contributed by atoms with E-state index in [1.165, 1.54) is 39.0 Å². The van der Waals surface area contributed by atoms with Crippen molar-refractivity contribution in [3.63, 3.8) is 0 Å². The predicted octanol–water partition coefficient (Wildman–Crippen LogP) is 1.90. The summed E-state index contributed by atoms with van der Waals surface area (Å²) in [5.41, 5.74) is -1.66. The Morgan fingerprint density at radius 1 is 0.940 bits per heavy atom. The van der Waals surface area contributed by atoms with Crippen LogP contribution in [0.1, 0.15) is 83.6 Å². The number of hydrogen-bond acceptors (Lipinski definition) is 10. The Balaban J connectivity index is 1.48. The largest absolute Gasteiger partial charge is 0.497 e. The first kappa shape index (κ1) is 39.7. The van der Waals surface area contributed by atoms with Gasteiger partial charge in [-0.25, -0.2) is 0 Å². The number of nitrogens with one attached hydrogen (secondary N) is 4. The first-order valence-electron chi connectivity index (χ1n) is 18.3. The van der Waals surface area contributed by atoms with Gasteiger partial charge in [0.15, 0.2) is 5.60 Å². The van der Waals surface area contributed by atoms with Crippen LogP contribution in [0, 0.1) is 23.2 Å². The van der Waals surface area contributed by atoms with Crippen LogP contribution in [0.15, 0.2) is 24.3 Å². The van der Waals surface area contributed by atoms with E-state index in [4.69, 9.17) is 14.9 Å². The van der Waals surface area contributed by atoms with Crippen LogP contribution in [0.2, 0.25) is 0 Å². The van der Waals surface area contributed by atoms with Crippen molar-refractivity contribution in [3.8, 4) is 5.75 Å². The van der Waals surface area contributed by atoms with Crippen molar-refractivity contribution in [2.75, 3.05) is 40.0 Å². The molecule has 0 spiro atoms. The SMILES string of the molecule is COc1ccc(C[C@H](NC(=O)[C@H](C)NC(=O)CN2CCOCC2)C(=O)N[C@@H](CC2CCC(C3CCCCC3)CC2)C(O)(O)[C@](C)(O)C=N)cc1. The summed E-state index contributed by atoms with van der Waals surface area (Å²) in [6.07, 6.45) is 11.0. The zero-order valence-corrected chi connectivity index (χ0v) is 30.0. The summed E-state index contributed by atoms with van der Waals surface area (Å²) >= 11 is 0.